The summed E-state index contributed by atoms with van der Waals surface area (Å²) in [6, 6.07) is 8.56. The number of benzene rings is 1. The van der Waals surface area contributed by atoms with E-state index in [9.17, 15) is 8.78 Å². The van der Waals surface area contributed by atoms with Gasteiger partial charge >= 0.3 is 5.25 Å². The standard InChI is InChI=1S/C12H14F2O2S/c1-11(2)15-8-10(16-11)12(13,14)17-9-6-4-3-5-7-9/h3-7,10H,8H2,1-2H3. The van der Waals surface area contributed by atoms with E-state index in [0.29, 0.717) is 16.7 Å². The molecule has 0 radical (unpaired) electrons. The highest BCUT2D eigenvalue weighted by Crippen LogP contribution is 2.43. The molecular formula is C12H14F2O2S. The van der Waals surface area contributed by atoms with Gasteiger partial charge in [0, 0.05) is 4.90 Å². The fourth-order valence-electron chi connectivity index (χ4n) is 1.56. The second-order valence-electron chi connectivity index (χ2n) is 4.29. The highest BCUT2D eigenvalue weighted by atomic mass is 32.2. The van der Waals surface area contributed by atoms with E-state index in [1.54, 1.807) is 44.2 Å². The van der Waals surface area contributed by atoms with Gasteiger partial charge in [-0.2, -0.15) is 8.78 Å². The van der Waals surface area contributed by atoms with Crippen LogP contribution in [-0.4, -0.2) is 23.8 Å². The fraction of sp³-hybridized carbons (Fsp3) is 0.500. The van der Waals surface area contributed by atoms with E-state index in [1.807, 2.05) is 0 Å². The zero-order valence-corrected chi connectivity index (χ0v) is 10.5. The summed E-state index contributed by atoms with van der Waals surface area (Å²) in [6.45, 7) is 3.19. The van der Waals surface area contributed by atoms with Crippen molar-refractivity contribution in [3.8, 4) is 0 Å². The molecule has 1 aromatic carbocycles. The maximum atomic E-state index is 13.9. The molecule has 1 aliphatic rings. The Kier molecular flexibility index (Phi) is 3.43. The molecule has 1 heterocycles. The van der Waals surface area contributed by atoms with Gasteiger partial charge in [-0.1, -0.05) is 18.2 Å². The minimum Gasteiger partial charge on any atom is -0.348 e. The molecular weight excluding hydrogens is 246 g/mol. The number of hydrogen-bond acceptors (Lipinski definition) is 3. The van der Waals surface area contributed by atoms with Crippen molar-refractivity contribution in [3.05, 3.63) is 30.3 Å². The average Bonchev–Trinajstić information content (AvgIpc) is 2.60. The number of alkyl halides is 2. The van der Waals surface area contributed by atoms with Gasteiger partial charge in [-0.15, -0.1) is 0 Å². The van der Waals surface area contributed by atoms with Crippen molar-refractivity contribution < 1.29 is 18.3 Å². The Hall–Kier alpha value is -0.650. The molecule has 0 spiro atoms. The SMILES string of the molecule is CC1(C)OCC(C(F)(F)Sc2ccccc2)O1. The summed E-state index contributed by atoms with van der Waals surface area (Å²) in [7, 11) is 0. The van der Waals surface area contributed by atoms with Crippen LogP contribution in [0.5, 0.6) is 0 Å². The predicted octanol–water partition coefficient (Wildman–Crippen LogP) is 3.52. The molecule has 0 saturated carbocycles. The molecule has 1 unspecified atom stereocenters. The molecule has 2 nitrogen and oxygen atoms in total. The highest BCUT2D eigenvalue weighted by molar-refractivity contribution is 8.00. The van der Waals surface area contributed by atoms with Gasteiger partial charge in [-0.3, -0.25) is 0 Å². The zero-order chi connectivity index (χ0) is 12.5. The third kappa shape index (κ3) is 3.18. The number of thioether (sulfide) groups is 1. The normalized spacial score (nSPS) is 23.9. The van der Waals surface area contributed by atoms with Gasteiger partial charge in [-0.05, 0) is 37.7 Å². The van der Waals surface area contributed by atoms with Gasteiger partial charge in [0.2, 0.25) is 0 Å². The second-order valence-corrected chi connectivity index (χ2v) is 5.51. The molecule has 5 heteroatoms. The quantitative estimate of drug-likeness (QED) is 0.775. The van der Waals surface area contributed by atoms with Gasteiger partial charge in [-0.25, -0.2) is 0 Å². The number of hydrogen-bond donors (Lipinski definition) is 0. The van der Waals surface area contributed by atoms with E-state index in [1.165, 1.54) is 0 Å². The summed E-state index contributed by atoms with van der Waals surface area (Å²) in [5.41, 5.74) is 0. The summed E-state index contributed by atoms with van der Waals surface area (Å²) >= 11 is 0.506. The van der Waals surface area contributed by atoms with Gasteiger partial charge < -0.3 is 9.47 Å². The van der Waals surface area contributed by atoms with Crippen LogP contribution in [-0.2, 0) is 9.47 Å². The summed E-state index contributed by atoms with van der Waals surface area (Å²) < 4.78 is 38.2. The Morgan fingerprint density at radius 1 is 1.29 bits per heavy atom. The third-order valence-corrected chi connectivity index (χ3v) is 3.42. The first-order valence-corrected chi connectivity index (χ1v) is 6.14. The Morgan fingerprint density at radius 2 is 1.94 bits per heavy atom. The number of rotatable bonds is 3. The molecule has 0 aromatic heterocycles. The Labute approximate surface area is 103 Å². The molecule has 2 rings (SSSR count). The molecule has 0 amide bonds. The minimum atomic E-state index is -2.99. The van der Waals surface area contributed by atoms with Crippen LogP contribution in [0.4, 0.5) is 8.78 Å². The van der Waals surface area contributed by atoms with Crippen molar-refractivity contribution in [3.63, 3.8) is 0 Å². The lowest BCUT2D eigenvalue weighted by Gasteiger charge is -2.23. The van der Waals surface area contributed by atoms with Crippen molar-refractivity contribution in [1.82, 2.24) is 0 Å². The van der Waals surface area contributed by atoms with Gasteiger partial charge in [0.1, 0.15) is 0 Å². The molecule has 17 heavy (non-hydrogen) atoms. The lowest BCUT2D eigenvalue weighted by molar-refractivity contribution is -0.160. The lowest BCUT2D eigenvalue weighted by Crippen LogP contribution is -2.34. The van der Waals surface area contributed by atoms with Crippen molar-refractivity contribution >= 4 is 11.8 Å². The summed E-state index contributed by atoms with van der Waals surface area (Å²) in [5.74, 6) is -0.925. The summed E-state index contributed by atoms with van der Waals surface area (Å²) in [5, 5.41) is -2.99. The highest BCUT2D eigenvalue weighted by Gasteiger charge is 2.49. The average molecular weight is 260 g/mol. The van der Waals surface area contributed by atoms with Crippen LogP contribution in [0.25, 0.3) is 0 Å². The molecule has 1 fully saturated rings. The molecule has 1 saturated heterocycles. The van der Waals surface area contributed by atoms with E-state index in [2.05, 4.69) is 0 Å². The van der Waals surface area contributed by atoms with Crippen LogP contribution >= 0.6 is 11.8 Å². The Morgan fingerprint density at radius 3 is 2.47 bits per heavy atom. The van der Waals surface area contributed by atoms with Crippen molar-refractivity contribution in [1.29, 1.82) is 0 Å². The molecule has 94 valence electrons. The van der Waals surface area contributed by atoms with E-state index in [-0.39, 0.29) is 6.61 Å². The van der Waals surface area contributed by atoms with Crippen LogP contribution in [0.3, 0.4) is 0 Å². The third-order valence-electron chi connectivity index (χ3n) is 2.38. The first kappa shape index (κ1) is 12.8. The first-order chi connectivity index (χ1) is 7.89. The number of ether oxygens (including phenoxy) is 2. The second kappa shape index (κ2) is 4.55. The smallest absolute Gasteiger partial charge is 0.326 e. The molecule has 0 bridgehead atoms. The first-order valence-electron chi connectivity index (χ1n) is 5.33. The van der Waals surface area contributed by atoms with Crippen LogP contribution < -0.4 is 0 Å². The summed E-state index contributed by atoms with van der Waals surface area (Å²) in [6.07, 6.45) is -1.21. The lowest BCUT2D eigenvalue weighted by atomic mass is 10.4. The Balaban J connectivity index is 2.05. The van der Waals surface area contributed by atoms with Crippen LogP contribution in [0.15, 0.2) is 35.2 Å². The van der Waals surface area contributed by atoms with Crippen LogP contribution in [0.2, 0.25) is 0 Å². The van der Waals surface area contributed by atoms with Gasteiger partial charge in [0.25, 0.3) is 0 Å². The largest absolute Gasteiger partial charge is 0.348 e. The van der Waals surface area contributed by atoms with Crippen molar-refractivity contribution in [2.24, 2.45) is 0 Å². The maximum absolute atomic E-state index is 13.9. The maximum Gasteiger partial charge on any atom is 0.326 e. The molecule has 0 N–H and O–H groups in total. The molecule has 1 atom stereocenters. The van der Waals surface area contributed by atoms with Crippen LogP contribution in [0.1, 0.15) is 13.8 Å². The fourth-order valence-corrected chi connectivity index (χ4v) is 2.42. The topological polar surface area (TPSA) is 18.5 Å². The predicted molar refractivity (Wildman–Crippen MR) is 62.2 cm³/mol. The van der Waals surface area contributed by atoms with Gasteiger partial charge in [0.05, 0.1) is 6.61 Å². The minimum absolute atomic E-state index is 0.0835. The Bertz CT molecular complexity index is 381. The van der Waals surface area contributed by atoms with E-state index in [4.69, 9.17) is 9.47 Å². The van der Waals surface area contributed by atoms with E-state index >= 15 is 0 Å². The molecule has 1 aliphatic heterocycles. The van der Waals surface area contributed by atoms with E-state index < -0.39 is 17.1 Å². The monoisotopic (exact) mass is 260 g/mol. The molecule has 1 aromatic rings. The van der Waals surface area contributed by atoms with Gasteiger partial charge in [0.15, 0.2) is 11.9 Å². The van der Waals surface area contributed by atoms with E-state index in [0.717, 1.165) is 0 Å². The summed E-state index contributed by atoms with van der Waals surface area (Å²) in [4.78, 5) is 0.519. The number of halogens is 2. The van der Waals surface area contributed by atoms with Crippen LogP contribution in [0, 0.1) is 0 Å². The molecule has 0 aliphatic carbocycles. The zero-order valence-electron chi connectivity index (χ0n) is 9.65. The van der Waals surface area contributed by atoms with Crippen molar-refractivity contribution in [2.45, 2.75) is 35.9 Å². The van der Waals surface area contributed by atoms with Crippen molar-refractivity contribution in [2.75, 3.05) is 6.61 Å².